The fourth-order valence-corrected chi connectivity index (χ4v) is 1.10. The Morgan fingerprint density at radius 3 is 2.27 bits per heavy atom. The van der Waals surface area contributed by atoms with Crippen LogP contribution in [0.2, 0.25) is 0 Å². The van der Waals surface area contributed by atoms with Crippen molar-refractivity contribution in [2.24, 2.45) is 0 Å². The predicted octanol–water partition coefficient (Wildman–Crippen LogP) is -1.13. The Kier molecular flexibility index (Phi) is 3.47. The summed E-state index contributed by atoms with van der Waals surface area (Å²) < 4.78 is 20.9. The van der Waals surface area contributed by atoms with E-state index in [-0.39, 0.29) is 12.2 Å². The second-order valence-electron chi connectivity index (χ2n) is 2.27. The van der Waals surface area contributed by atoms with Gasteiger partial charge in [-0.2, -0.15) is 0 Å². The molecule has 0 aliphatic carbocycles. The minimum atomic E-state index is -3.18. The van der Waals surface area contributed by atoms with Gasteiger partial charge in [0.15, 0.2) is 6.10 Å². The standard InChI is InChI=1S/C5H10O5S/c1-11(9,10)3-2-4(6)5(7)8/h4,6H,2-3H2,1H3,(H,7,8)/t4-/m1/s1. The molecule has 0 fully saturated rings. The molecule has 0 aliphatic heterocycles. The van der Waals surface area contributed by atoms with Gasteiger partial charge >= 0.3 is 5.97 Å². The highest BCUT2D eigenvalue weighted by molar-refractivity contribution is 7.90. The summed E-state index contributed by atoms with van der Waals surface area (Å²) in [6, 6.07) is 0. The molecule has 1 atom stereocenters. The second kappa shape index (κ2) is 3.68. The van der Waals surface area contributed by atoms with E-state index >= 15 is 0 Å². The number of hydrogen-bond donors (Lipinski definition) is 2. The molecule has 0 spiro atoms. The van der Waals surface area contributed by atoms with Crippen LogP contribution in [0.3, 0.4) is 0 Å². The summed E-state index contributed by atoms with van der Waals surface area (Å²) in [6.07, 6.45) is -0.847. The molecule has 0 radical (unpaired) electrons. The van der Waals surface area contributed by atoms with Crippen molar-refractivity contribution >= 4 is 15.8 Å². The molecular weight excluding hydrogens is 172 g/mol. The largest absolute Gasteiger partial charge is 0.479 e. The van der Waals surface area contributed by atoms with Crippen molar-refractivity contribution < 1.29 is 23.4 Å². The Hall–Kier alpha value is -0.620. The number of carbonyl (C=O) groups is 1. The number of sulfone groups is 1. The summed E-state index contributed by atoms with van der Waals surface area (Å²) in [5, 5.41) is 16.8. The van der Waals surface area contributed by atoms with Gasteiger partial charge in [0.1, 0.15) is 9.84 Å². The minimum absolute atomic E-state index is 0.256. The van der Waals surface area contributed by atoms with E-state index in [0.29, 0.717) is 0 Å². The zero-order valence-corrected chi connectivity index (χ0v) is 6.84. The van der Waals surface area contributed by atoms with E-state index in [9.17, 15) is 13.2 Å². The number of aliphatic hydroxyl groups excluding tert-OH is 1. The molecule has 6 heteroatoms. The minimum Gasteiger partial charge on any atom is -0.479 e. The van der Waals surface area contributed by atoms with Gasteiger partial charge in [-0.05, 0) is 6.42 Å². The van der Waals surface area contributed by atoms with Gasteiger partial charge in [0.25, 0.3) is 0 Å². The fraction of sp³-hybridized carbons (Fsp3) is 0.800. The van der Waals surface area contributed by atoms with Crippen LogP contribution in [0.1, 0.15) is 6.42 Å². The Labute approximate surface area is 64.6 Å². The van der Waals surface area contributed by atoms with Gasteiger partial charge in [0, 0.05) is 6.26 Å². The topological polar surface area (TPSA) is 91.7 Å². The highest BCUT2D eigenvalue weighted by Gasteiger charge is 2.15. The molecule has 0 amide bonds. The maximum absolute atomic E-state index is 10.5. The highest BCUT2D eigenvalue weighted by atomic mass is 32.2. The van der Waals surface area contributed by atoms with Crippen LogP contribution in [0.15, 0.2) is 0 Å². The lowest BCUT2D eigenvalue weighted by Gasteiger charge is -2.02. The summed E-state index contributed by atoms with van der Waals surface area (Å²) in [7, 11) is -3.18. The molecular formula is C5H10O5S. The summed E-state index contributed by atoms with van der Waals surface area (Å²) in [5.41, 5.74) is 0. The number of carboxylic acid groups (broad SMARTS) is 1. The van der Waals surface area contributed by atoms with Crippen molar-refractivity contribution in [2.45, 2.75) is 12.5 Å². The van der Waals surface area contributed by atoms with Crippen LogP contribution < -0.4 is 0 Å². The lowest BCUT2D eigenvalue weighted by molar-refractivity contribution is -0.146. The van der Waals surface area contributed by atoms with E-state index in [1.54, 1.807) is 0 Å². The predicted molar refractivity (Wildman–Crippen MR) is 38.0 cm³/mol. The molecule has 0 saturated heterocycles. The Morgan fingerprint density at radius 2 is 2.00 bits per heavy atom. The molecule has 0 unspecified atom stereocenters. The third-order valence-corrected chi connectivity index (χ3v) is 2.02. The van der Waals surface area contributed by atoms with Gasteiger partial charge < -0.3 is 10.2 Å². The average Bonchev–Trinajstić information content (AvgIpc) is 1.80. The van der Waals surface area contributed by atoms with Gasteiger partial charge in [0.05, 0.1) is 5.75 Å². The molecule has 0 rings (SSSR count). The molecule has 2 N–H and O–H groups in total. The van der Waals surface area contributed by atoms with Crippen LogP contribution in [-0.2, 0) is 14.6 Å². The number of rotatable bonds is 4. The summed E-state index contributed by atoms with van der Waals surface area (Å²) in [4.78, 5) is 9.97. The summed E-state index contributed by atoms with van der Waals surface area (Å²) >= 11 is 0. The third kappa shape index (κ3) is 5.81. The number of aliphatic carboxylic acids is 1. The van der Waals surface area contributed by atoms with Crippen molar-refractivity contribution in [3.8, 4) is 0 Å². The second-order valence-corrected chi connectivity index (χ2v) is 4.53. The summed E-state index contributed by atoms with van der Waals surface area (Å²) in [6.45, 7) is 0. The van der Waals surface area contributed by atoms with Gasteiger partial charge in [0.2, 0.25) is 0 Å². The first-order chi connectivity index (χ1) is 4.83. The molecule has 0 bridgehead atoms. The maximum Gasteiger partial charge on any atom is 0.332 e. The van der Waals surface area contributed by atoms with E-state index in [0.717, 1.165) is 6.26 Å². The molecule has 5 nitrogen and oxygen atoms in total. The van der Waals surface area contributed by atoms with E-state index < -0.39 is 21.9 Å². The number of aliphatic hydroxyl groups is 1. The molecule has 0 aromatic heterocycles. The monoisotopic (exact) mass is 182 g/mol. The van der Waals surface area contributed by atoms with Crippen LogP contribution in [-0.4, -0.2) is 42.7 Å². The zero-order valence-electron chi connectivity index (χ0n) is 6.02. The van der Waals surface area contributed by atoms with E-state index in [2.05, 4.69) is 0 Å². The fourth-order valence-electron chi connectivity index (χ4n) is 0.449. The molecule has 0 aliphatic rings. The Morgan fingerprint density at radius 1 is 1.55 bits per heavy atom. The van der Waals surface area contributed by atoms with E-state index in [1.165, 1.54) is 0 Å². The number of hydrogen-bond acceptors (Lipinski definition) is 4. The van der Waals surface area contributed by atoms with E-state index in [1.807, 2.05) is 0 Å². The maximum atomic E-state index is 10.5. The van der Waals surface area contributed by atoms with E-state index in [4.69, 9.17) is 10.2 Å². The van der Waals surface area contributed by atoms with Crippen LogP contribution in [0, 0.1) is 0 Å². The van der Waals surface area contributed by atoms with Crippen LogP contribution in [0.5, 0.6) is 0 Å². The quantitative estimate of drug-likeness (QED) is 0.573. The third-order valence-electron chi connectivity index (χ3n) is 1.05. The van der Waals surface area contributed by atoms with Crippen molar-refractivity contribution in [2.75, 3.05) is 12.0 Å². The molecule has 0 aromatic carbocycles. The first kappa shape index (κ1) is 10.4. The Balaban J connectivity index is 3.82. The molecule has 66 valence electrons. The average molecular weight is 182 g/mol. The smallest absolute Gasteiger partial charge is 0.332 e. The van der Waals surface area contributed by atoms with Gasteiger partial charge in [-0.3, -0.25) is 0 Å². The van der Waals surface area contributed by atoms with Gasteiger partial charge in [-0.15, -0.1) is 0 Å². The molecule has 0 aromatic rings. The Bertz CT molecular complexity index is 229. The van der Waals surface area contributed by atoms with Crippen molar-refractivity contribution in [3.63, 3.8) is 0 Å². The van der Waals surface area contributed by atoms with Gasteiger partial charge in [-0.1, -0.05) is 0 Å². The summed E-state index contributed by atoms with van der Waals surface area (Å²) in [5.74, 6) is -1.70. The molecule has 0 heterocycles. The lowest BCUT2D eigenvalue weighted by atomic mass is 10.3. The lowest BCUT2D eigenvalue weighted by Crippen LogP contribution is -2.22. The number of carboxylic acids is 1. The zero-order chi connectivity index (χ0) is 9.07. The van der Waals surface area contributed by atoms with Crippen LogP contribution in [0.4, 0.5) is 0 Å². The van der Waals surface area contributed by atoms with Crippen molar-refractivity contribution in [3.05, 3.63) is 0 Å². The SMILES string of the molecule is CS(=O)(=O)CC[C@@H](O)C(=O)O. The first-order valence-corrected chi connectivity index (χ1v) is 4.97. The first-order valence-electron chi connectivity index (χ1n) is 2.91. The van der Waals surface area contributed by atoms with Crippen molar-refractivity contribution in [1.29, 1.82) is 0 Å². The normalized spacial score (nSPS) is 14.4. The van der Waals surface area contributed by atoms with Gasteiger partial charge in [-0.25, -0.2) is 13.2 Å². The molecule has 0 saturated carbocycles. The van der Waals surface area contributed by atoms with Crippen LogP contribution >= 0.6 is 0 Å². The van der Waals surface area contributed by atoms with Crippen LogP contribution in [0.25, 0.3) is 0 Å². The van der Waals surface area contributed by atoms with Crippen molar-refractivity contribution in [1.82, 2.24) is 0 Å². The highest BCUT2D eigenvalue weighted by Crippen LogP contribution is 1.95. The molecule has 11 heavy (non-hydrogen) atoms.